The van der Waals surface area contributed by atoms with Crippen molar-refractivity contribution in [2.75, 3.05) is 20.3 Å². The van der Waals surface area contributed by atoms with Gasteiger partial charge in [-0.1, -0.05) is 39.5 Å². The molecule has 0 aromatic carbocycles. The van der Waals surface area contributed by atoms with Gasteiger partial charge in [0.05, 0.1) is 0 Å². The fourth-order valence-electron chi connectivity index (χ4n) is 2.17. The van der Waals surface area contributed by atoms with Gasteiger partial charge in [-0.15, -0.1) is 4.48 Å². The Balaban J connectivity index is 0. The van der Waals surface area contributed by atoms with Crippen LogP contribution in [0.15, 0.2) is 0 Å². The van der Waals surface area contributed by atoms with E-state index in [1.807, 2.05) is 13.8 Å². The topological polar surface area (TPSA) is 52.5 Å². The number of rotatable bonds is 4. The average Bonchev–Trinajstić information content (AvgIpc) is 2.36. The van der Waals surface area contributed by atoms with Crippen molar-refractivity contribution in [1.82, 2.24) is 5.54 Å². The lowest BCUT2D eigenvalue weighted by Crippen LogP contribution is -2.16. The first kappa shape index (κ1) is 19.2. The molecule has 0 heterocycles. The van der Waals surface area contributed by atoms with Crippen LogP contribution in [0.25, 0.3) is 0 Å². The number of aliphatic hydroxyl groups is 2. The van der Waals surface area contributed by atoms with Crippen LogP contribution in [-0.2, 0) is 0 Å². The highest BCUT2D eigenvalue weighted by molar-refractivity contribution is 4.72. The van der Waals surface area contributed by atoms with Gasteiger partial charge in [-0.25, -0.2) is 0 Å². The molecular weight excluding hydrogens is 221 g/mol. The van der Waals surface area contributed by atoms with Crippen molar-refractivity contribution in [3.63, 3.8) is 0 Å². The van der Waals surface area contributed by atoms with Gasteiger partial charge < -0.3 is 10.2 Å². The average molecular weight is 251 g/mol. The summed E-state index contributed by atoms with van der Waals surface area (Å²) >= 11 is 0. The van der Waals surface area contributed by atoms with Gasteiger partial charge in [0.2, 0.25) is 0 Å². The van der Waals surface area contributed by atoms with Crippen molar-refractivity contribution in [2.24, 2.45) is 11.8 Å². The number of hydrogen-bond acceptors (Lipinski definition) is 3. The zero-order chi connectivity index (χ0) is 13.5. The maximum atomic E-state index is 10.0. The lowest BCUT2D eigenvalue weighted by atomic mass is 9.79. The smallest absolute Gasteiger partial charge is 0.0433 e. The molecule has 0 aromatic rings. The number of hydrogen-bond donors (Lipinski definition) is 3. The Morgan fingerprint density at radius 1 is 0.941 bits per heavy atom. The summed E-state index contributed by atoms with van der Waals surface area (Å²) in [4.78, 5) is 0. The van der Waals surface area contributed by atoms with Crippen molar-refractivity contribution >= 4 is 0 Å². The highest BCUT2D eigenvalue weighted by Crippen LogP contribution is 2.31. The second-order valence-electron chi connectivity index (χ2n) is 4.10. The Morgan fingerprint density at radius 3 is 1.35 bits per heavy atom. The molecule has 17 heavy (non-hydrogen) atoms. The molecule has 1 aliphatic carbocycles. The molecular formula is C13H30FNO2. The summed E-state index contributed by atoms with van der Waals surface area (Å²) < 4.78 is 10.0. The zero-order valence-electron chi connectivity index (χ0n) is 11.6. The molecule has 0 amide bonds. The zero-order valence-corrected chi connectivity index (χ0v) is 11.6. The van der Waals surface area contributed by atoms with Gasteiger partial charge in [0.15, 0.2) is 0 Å². The first-order valence-electron chi connectivity index (χ1n) is 6.77. The Morgan fingerprint density at radius 2 is 1.18 bits per heavy atom. The van der Waals surface area contributed by atoms with Crippen LogP contribution >= 0.6 is 0 Å². The summed E-state index contributed by atoms with van der Waals surface area (Å²) in [5, 5.41) is 17.5. The lowest BCUT2D eigenvalue weighted by Gasteiger charge is -2.27. The molecule has 106 valence electrons. The van der Waals surface area contributed by atoms with E-state index in [9.17, 15) is 4.48 Å². The summed E-state index contributed by atoms with van der Waals surface area (Å²) in [6.45, 7) is 4.69. The number of halogens is 1. The number of nitrogens with one attached hydrogen (secondary N) is 1. The molecule has 0 saturated heterocycles. The molecule has 0 radical (unpaired) electrons. The predicted octanol–water partition coefficient (Wildman–Crippen LogP) is 2.67. The second-order valence-corrected chi connectivity index (χ2v) is 4.10. The van der Waals surface area contributed by atoms with Gasteiger partial charge >= 0.3 is 0 Å². The fraction of sp³-hybridized carbons (Fsp3) is 1.00. The molecule has 0 aliphatic heterocycles. The van der Waals surface area contributed by atoms with E-state index in [-0.39, 0.29) is 0 Å². The Kier molecular flexibility index (Phi) is 17.8. The fourth-order valence-corrected chi connectivity index (χ4v) is 2.17. The molecule has 3 nitrogen and oxygen atoms in total. The largest absolute Gasteiger partial charge is 0.396 e. The van der Waals surface area contributed by atoms with Crippen molar-refractivity contribution < 1.29 is 14.7 Å². The van der Waals surface area contributed by atoms with Gasteiger partial charge in [-0.05, 0) is 24.7 Å². The van der Waals surface area contributed by atoms with E-state index in [0.717, 1.165) is 24.7 Å². The van der Waals surface area contributed by atoms with E-state index < -0.39 is 0 Å². The molecule has 1 aliphatic rings. The molecule has 0 atom stereocenters. The van der Waals surface area contributed by atoms with E-state index in [2.05, 4.69) is 0 Å². The monoisotopic (exact) mass is 251 g/mol. The second kappa shape index (κ2) is 15.8. The summed E-state index contributed by atoms with van der Waals surface area (Å²) in [6.07, 6.45) is 6.98. The van der Waals surface area contributed by atoms with Gasteiger partial charge in [0.1, 0.15) is 0 Å². The Labute approximate surface area is 105 Å². The molecule has 0 aromatic heterocycles. The van der Waals surface area contributed by atoms with Gasteiger partial charge in [-0.3, -0.25) is 0 Å². The molecule has 1 fully saturated rings. The predicted molar refractivity (Wildman–Crippen MR) is 70.4 cm³/mol. The summed E-state index contributed by atoms with van der Waals surface area (Å²) in [6, 6.07) is 0. The third-order valence-corrected chi connectivity index (χ3v) is 3.04. The van der Waals surface area contributed by atoms with Crippen LogP contribution in [0.2, 0.25) is 0 Å². The minimum absolute atomic E-state index is 0.343. The summed E-state index contributed by atoms with van der Waals surface area (Å²) in [5.41, 5.74) is 1.25. The third-order valence-electron chi connectivity index (χ3n) is 3.04. The lowest BCUT2D eigenvalue weighted by molar-refractivity contribution is 0.180. The summed E-state index contributed by atoms with van der Waals surface area (Å²) in [7, 11) is 1.21. The normalized spacial score (nSPS) is 22.9. The Bertz CT molecular complexity index is 115. The van der Waals surface area contributed by atoms with E-state index in [4.69, 9.17) is 10.2 Å². The maximum absolute atomic E-state index is 10.0. The van der Waals surface area contributed by atoms with E-state index in [0.29, 0.717) is 13.2 Å². The Hall–Kier alpha value is -0.190. The van der Waals surface area contributed by atoms with Crippen molar-refractivity contribution in [2.45, 2.75) is 52.4 Å². The molecule has 1 rings (SSSR count). The van der Waals surface area contributed by atoms with Crippen LogP contribution < -0.4 is 5.54 Å². The highest BCUT2D eigenvalue weighted by Gasteiger charge is 2.19. The quantitative estimate of drug-likeness (QED) is 0.673. The number of aliphatic hydroxyl groups excluding tert-OH is 2. The maximum Gasteiger partial charge on any atom is 0.0433 e. The molecule has 0 spiro atoms. The first-order valence-corrected chi connectivity index (χ1v) is 6.77. The van der Waals surface area contributed by atoms with Crippen molar-refractivity contribution in [3.05, 3.63) is 0 Å². The van der Waals surface area contributed by atoms with Crippen LogP contribution in [0.3, 0.4) is 0 Å². The van der Waals surface area contributed by atoms with E-state index >= 15 is 0 Å². The standard InChI is InChI=1S/C10H20O2.C2H6.CH4FN/c11-7-5-9-1-2-10(4-3-9)6-8-12;1-2;1-3-2/h9-12H,1-8H2;1-2H3;3H,1H3. The van der Waals surface area contributed by atoms with Gasteiger partial charge in [-0.2, -0.15) is 5.54 Å². The molecule has 4 heteroatoms. The molecule has 1 saturated carbocycles. The van der Waals surface area contributed by atoms with Gasteiger partial charge in [0.25, 0.3) is 0 Å². The van der Waals surface area contributed by atoms with Crippen LogP contribution in [0.4, 0.5) is 4.48 Å². The molecule has 0 unspecified atom stereocenters. The van der Waals surface area contributed by atoms with Crippen LogP contribution in [0, 0.1) is 11.8 Å². The van der Waals surface area contributed by atoms with E-state index in [1.54, 1.807) is 0 Å². The highest BCUT2D eigenvalue weighted by atomic mass is 19.2. The first-order chi connectivity index (χ1) is 8.28. The minimum Gasteiger partial charge on any atom is -0.396 e. The minimum atomic E-state index is 0.343. The summed E-state index contributed by atoms with van der Waals surface area (Å²) in [5.74, 6) is 1.51. The van der Waals surface area contributed by atoms with Crippen LogP contribution in [0.5, 0.6) is 0 Å². The van der Waals surface area contributed by atoms with E-state index in [1.165, 1.54) is 38.3 Å². The SMILES string of the molecule is CC.CNF.OCCC1CCC(CCO)CC1. The van der Waals surface area contributed by atoms with Crippen LogP contribution in [-0.4, -0.2) is 30.5 Å². The molecule has 3 N–H and O–H groups in total. The molecule has 0 bridgehead atoms. The van der Waals surface area contributed by atoms with Gasteiger partial charge in [0, 0.05) is 20.3 Å². The van der Waals surface area contributed by atoms with Crippen molar-refractivity contribution in [1.29, 1.82) is 0 Å². The third kappa shape index (κ3) is 12.1. The van der Waals surface area contributed by atoms with Crippen LogP contribution in [0.1, 0.15) is 52.4 Å². The van der Waals surface area contributed by atoms with Crippen molar-refractivity contribution in [3.8, 4) is 0 Å².